The van der Waals surface area contributed by atoms with Crippen molar-refractivity contribution in [3.63, 3.8) is 0 Å². The van der Waals surface area contributed by atoms with Gasteiger partial charge in [-0.1, -0.05) is 13.8 Å². The quantitative estimate of drug-likeness (QED) is 0.605. The van der Waals surface area contributed by atoms with Crippen LogP contribution in [0.4, 0.5) is 0 Å². The topological polar surface area (TPSA) is 105 Å². The van der Waals surface area contributed by atoms with Crippen LogP contribution in [0.25, 0.3) is 0 Å². The molecule has 2 atom stereocenters. The van der Waals surface area contributed by atoms with E-state index >= 15 is 0 Å². The number of carboxylic acid groups (broad SMARTS) is 1. The molecule has 0 aromatic carbocycles. The lowest BCUT2D eigenvalue weighted by Gasteiger charge is -2.12. The van der Waals surface area contributed by atoms with Gasteiger partial charge in [-0.3, -0.25) is 9.59 Å². The molecule has 7 heteroatoms. The van der Waals surface area contributed by atoms with Gasteiger partial charge < -0.3 is 20.5 Å². The third-order valence-corrected chi connectivity index (χ3v) is 2.72. The molecule has 1 aliphatic heterocycles. The fraction of sp³-hybridized carbons (Fsp3) is 0.750. The molecule has 1 saturated heterocycles. The van der Waals surface area contributed by atoms with Crippen molar-refractivity contribution in [3.8, 4) is 0 Å². The van der Waals surface area contributed by atoms with Gasteiger partial charge in [-0.2, -0.15) is 0 Å². The minimum atomic E-state index is -1.06. The van der Waals surface area contributed by atoms with Crippen LogP contribution in [0.1, 0.15) is 26.7 Å². The molecule has 2 amide bonds. The second kappa shape index (κ2) is 7.08. The molecule has 0 bridgehead atoms. The minimum absolute atomic E-state index is 0.122. The molecule has 3 N–H and O–H groups in total. The van der Waals surface area contributed by atoms with Gasteiger partial charge in [0.05, 0.1) is 6.54 Å². The summed E-state index contributed by atoms with van der Waals surface area (Å²) in [6.07, 6.45) is -1.03. The highest BCUT2D eigenvalue weighted by Gasteiger charge is 2.34. The maximum absolute atomic E-state index is 11.6. The zero-order chi connectivity index (χ0) is 14.4. The highest BCUT2D eigenvalue weighted by atomic mass is 16.5. The van der Waals surface area contributed by atoms with Crippen molar-refractivity contribution < 1.29 is 24.2 Å². The summed E-state index contributed by atoms with van der Waals surface area (Å²) >= 11 is 0. The molecule has 1 rings (SSSR count). The number of carbonyl (C=O) groups is 3. The number of carboxylic acids is 1. The lowest BCUT2D eigenvalue weighted by atomic mass is 10.2. The van der Waals surface area contributed by atoms with Crippen LogP contribution in [0.2, 0.25) is 0 Å². The molecule has 7 nitrogen and oxygen atoms in total. The fourth-order valence-corrected chi connectivity index (χ4v) is 1.67. The van der Waals surface area contributed by atoms with Crippen molar-refractivity contribution in [2.75, 3.05) is 13.1 Å². The normalized spacial score (nSPS) is 22.3. The van der Waals surface area contributed by atoms with Crippen molar-refractivity contribution in [2.45, 2.75) is 38.9 Å². The maximum atomic E-state index is 11.6. The summed E-state index contributed by atoms with van der Waals surface area (Å²) in [6.45, 7) is 4.37. The minimum Gasteiger partial charge on any atom is -0.479 e. The molecule has 1 heterocycles. The molecule has 0 aliphatic carbocycles. The van der Waals surface area contributed by atoms with E-state index in [2.05, 4.69) is 10.6 Å². The third-order valence-electron chi connectivity index (χ3n) is 2.72. The Hall–Kier alpha value is -1.63. The van der Waals surface area contributed by atoms with Crippen molar-refractivity contribution in [3.05, 3.63) is 0 Å². The Kier molecular flexibility index (Phi) is 5.75. The Morgan fingerprint density at radius 1 is 1.21 bits per heavy atom. The van der Waals surface area contributed by atoms with Crippen LogP contribution in [0.3, 0.4) is 0 Å². The van der Waals surface area contributed by atoms with E-state index in [1.165, 1.54) is 0 Å². The van der Waals surface area contributed by atoms with Crippen LogP contribution < -0.4 is 10.6 Å². The van der Waals surface area contributed by atoms with Crippen LogP contribution in [-0.2, 0) is 19.1 Å². The zero-order valence-electron chi connectivity index (χ0n) is 11.1. The molecule has 0 unspecified atom stereocenters. The largest absolute Gasteiger partial charge is 0.479 e. The SMILES string of the molecule is CC(C)CNC(=O)CNC(=O)[C@@H]1CC[C@H](C(=O)O)O1. The standard InChI is InChI=1S/C12H20N2O5/c1-7(2)5-13-10(15)6-14-11(16)8-3-4-9(19-8)12(17)18/h7-9H,3-6H2,1-2H3,(H,13,15)(H,14,16)(H,17,18)/t8-,9+/m0/s1. The molecule has 0 radical (unpaired) electrons. The number of ether oxygens (including phenoxy) is 1. The summed E-state index contributed by atoms with van der Waals surface area (Å²) in [5.74, 6) is -1.43. The zero-order valence-corrected chi connectivity index (χ0v) is 11.1. The summed E-state index contributed by atoms with van der Waals surface area (Å²) in [4.78, 5) is 33.7. The van der Waals surface area contributed by atoms with E-state index in [1.807, 2.05) is 13.8 Å². The third kappa shape index (κ3) is 5.25. The van der Waals surface area contributed by atoms with Gasteiger partial charge in [0.15, 0.2) is 6.10 Å². The van der Waals surface area contributed by atoms with Crippen LogP contribution in [0.15, 0.2) is 0 Å². The average Bonchev–Trinajstić information content (AvgIpc) is 2.83. The van der Waals surface area contributed by atoms with E-state index in [1.54, 1.807) is 0 Å². The van der Waals surface area contributed by atoms with Gasteiger partial charge in [0.1, 0.15) is 6.10 Å². The number of aliphatic carboxylic acids is 1. The molecule has 0 aromatic rings. The molecule has 1 aliphatic rings. The maximum Gasteiger partial charge on any atom is 0.332 e. The van der Waals surface area contributed by atoms with Gasteiger partial charge in [0.25, 0.3) is 0 Å². The van der Waals surface area contributed by atoms with E-state index in [-0.39, 0.29) is 12.5 Å². The number of nitrogens with one attached hydrogen (secondary N) is 2. The lowest BCUT2D eigenvalue weighted by Crippen LogP contribution is -2.42. The van der Waals surface area contributed by atoms with Crippen molar-refractivity contribution in [1.29, 1.82) is 0 Å². The Balaban J connectivity index is 2.25. The number of amides is 2. The van der Waals surface area contributed by atoms with Crippen molar-refractivity contribution >= 4 is 17.8 Å². The Bertz CT molecular complexity index is 356. The number of carbonyl (C=O) groups excluding carboxylic acids is 2. The Labute approximate surface area is 111 Å². The van der Waals surface area contributed by atoms with Gasteiger partial charge >= 0.3 is 5.97 Å². The van der Waals surface area contributed by atoms with Gasteiger partial charge in [-0.05, 0) is 18.8 Å². The van der Waals surface area contributed by atoms with E-state index in [0.29, 0.717) is 25.3 Å². The highest BCUT2D eigenvalue weighted by molar-refractivity contribution is 5.87. The Morgan fingerprint density at radius 2 is 1.84 bits per heavy atom. The lowest BCUT2D eigenvalue weighted by molar-refractivity contribution is -0.152. The monoisotopic (exact) mass is 272 g/mol. The second-order valence-electron chi connectivity index (χ2n) is 4.94. The first-order valence-electron chi connectivity index (χ1n) is 6.32. The summed E-state index contributed by atoms with van der Waals surface area (Å²) in [6, 6.07) is 0. The van der Waals surface area contributed by atoms with Gasteiger partial charge in [0.2, 0.25) is 11.8 Å². The summed E-state index contributed by atoms with van der Waals surface area (Å²) in [5, 5.41) is 13.8. The fourth-order valence-electron chi connectivity index (χ4n) is 1.67. The molecule has 0 spiro atoms. The smallest absolute Gasteiger partial charge is 0.332 e. The van der Waals surface area contributed by atoms with Crippen LogP contribution in [-0.4, -0.2) is 48.2 Å². The number of rotatable bonds is 6. The number of hydrogen-bond donors (Lipinski definition) is 3. The van der Waals surface area contributed by atoms with Crippen molar-refractivity contribution in [2.24, 2.45) is 5.92 Å². The van der Waals surface area contributed by atoms with Crippen LogP contribution in [0, 0.1) is 5.92 Å². The van der Waals surface area contributed by atoms with Crippen molar-refractivity contribution in [1.82, 2.24) is 10.6 Å². The first kappa shape index (κ1) is 15.4. The molecule has 1 fully saturated rings. The predicted molar refractivity (Wildman–Crippen MR) is 66.4 cm³/mol. The predicted octanol–water partition coefficient (Wildman–Crippen LogP) is -0.493. The summed E-state index contributed by atoms with van der Waals surface area (Å²) in [5.41, 5.74) is 0. The first-order valence-corrected chi connectivity index (χ1v) is 6.32. The van der Waals surface area contributed by atoms with E-state index in [9.17, 15) is 14.4 Å². The molecule has 0 aromatic heterocycles. The second-order valence-corrected chi connectivity index (χ2v) is 4.94. The van der Waals surface area contributed by atoms with E-state index in [4.69, 9.17) is 9.84 Å². The number of hydrogen-bond acceptors (Lipinski definition) is 4. The molecule has 108 valence electrons. The van der Waals surface area contributed by atoms with Gasteiger partial charge in [-0.25, -0.2) is 4.79 Å². The van der Waals surface area contributed by atoms with E-state index < -0.39 is 24.1 Å². The first-order chi connectivity index (χ1) is 8.90. The van der Waals surface area contributed by atoms with Gasteiger partial charge in [0, 0.05) is 6.54 Å². The molecular weight excluding hydrogens is 252 g/mol. The van der Waals surface area contributed by atoms with E-state index in [0.717, 1.165) is 0 Å². The molecular formula is C12H20N2O5. The van der Waals surface area contributed by atoms with Crippen LogP contribution in [0.5, 0.6) is 0 Å². The van der Waals surface area contributed by atoms with Gasteiger partial charge in [-0.15, -0.1) is 0 Å². The highest BCUT2D eigenvalue weighted by Crippen LogP contribution is 2.19. The summed E-state index contributed by atoms with van der Waals surface area (Å²) < 4.78 is 5.07. The van der Waals surface area contributed by atoms with Crippen LogP contribution >= 0.6 is 0 Å². The summed E-state index contributed by atoms with van der Waals surface area (Å²) in [7, 11) is 0. The molecule has 19 heavy (non-hydrogen) atoms. The molecule has 0 saturated carbocycles. The Morgan fingerprint density at radius 3 is 2.37 bits per heavy atom. The average molecular weight is 272 g/mol.